The van der Waals surface area contributed by atoms with Crippen molar-refractivity contribution >= 4 is 0 Å². The molecule has 1 heterocycles. The Kier molecular flexibility index (Phi) is 4.64. The predicted molar refractivity (Wildman–Crippen MR) is 51.5 cm³/mol. The van der Waals surface area contributed by atoms with Gasteiger partial charge in [-0.25, -0.2) is 4.39 Å². The minimum Gasteiger partial charge on any atom is -0.342 e. The third kappa shape index (κ3) is 2.68. The van der Waals surface area contributed by atoms with Crippen LogP contribution in [0.3, 0.4) is 0 Å². The van der Waals surface area contributed by atoms with Gasteiger partial charge in [0.15, 0.2) is 6.80 Å². The van der Waals surface area contributed by atoms with Crippen molar-refractivity contribution in [1.29, 1.82) is 0 Å². The van der Waals surface area contributed by atoms with Crippen LogP contribution in [0.15, 0.2) is 24.4 Å². The summed E-state index contributed by atoms with van der Waals surface area (Å²) in [7, 11) is 0. The number of alkyl halides is 1. The molecule has 2 heteroatoms. The molecule has 0 amide bonds. The van der Waals surface area contributed by atoms with Crippen molar-refractivity contribution in [2.45, 2.75) is 33.2 Å². The van der Waals surface area contributed by atoms with Crippen LogP contribution in [0, 0.1) is 0 Å². The highest BCUT2D eigenvalue weighted by molar-refractivity contribution is 5.17. The molecule has 0 aromatic heterocycles. The number of rotatable bonds is 1. The van der Waals surface area contributed by atoms with Gasteiger partial charge in [0.05, 0.1) is 5.54 Å². The number of hydrogen-bond acceptors (Lipinski definition) is 1. The van der Waals surface area contributed by atoms with Gasteiger partial charge in [0, 0.05) is 6.20 Å². The molecule has 0 atom stereocenters. The van der Waals surface area contributed by atoms with E-state index in [2.05, 4.69) is 0 Å². The van der Waals surface area contributed by atoms with Gasteiger partial charge in [-0.1, -0.05) is 26.0 Å². The number of nitrogens with zero attached hydrogens (tertiary/aromatic N) is 1. The maximum atomic E-state index is 12.2. The molecule has 0 spiro atoms. The minimum atomic E-state index is -0.423. The molecule has 0 fully saturated rings. The molecule has 0 aliphatic carbocycles. The van der Waals surface area contributed by atoms with Crippen LogP contribution in [-0.4, -0.2) is 17.2 Å². The summed E-state index contributed by atoms with van der Waals surface area (Å²) in [5, 5.41) is 0. The minimum absolute atomic E-state index is 0.163. The fourth-order valence-corrected chi connectivity index (χ4v) is 0.926. The second-order valence-corrected chi connectivity index (χ2v) is 2.94. The van der Waals surface area contributed by atoms with Crippen molar-refractivity contribution < 1.29 is 4.39 Å². The van der Waals surface area contributed by atoms with E-state index in [9.17, 15) is 4.39 Å². The second kappa shape index (κ2) is 4.96. The topological polar surface area (TPSA) is 3.24 Å². The van der Waals surface area contributed by atoms with Gasteiger partial charge >= 0.3 is 0 Å². The summed E-state index contributed by atoms with van der Waals surface area (Å²) in [5.41, 5.74) is -0.163. The van der Waals surface area contributed by atoms with Gasteiger partial charge in [-0.3, -0.25) is 0 Å². The van der Waals surface area contributed by atoms with Crippen molar-refractivity contribution in [1.82, 2.24) is 4.90 Å². The van der Waals surface area contributed by atoms with Crippen molar-refractivity contribution in [2.75, 3.05) is 6.80 Å². The average molecular weight is 171 g/mol. The lowest BCUT2D eigenvalue weighted by molar-refractivity contribution is 0.160. The first-order chi connectivity index (χ1) is 5.67. The highest BCUT2D eigenvalue weighted by atomic mass is 19.1. The second-order valence-electron chi connectivity index (χ2n) is 2.94. The summed E-state index contributed by atoms with van der Waals surface area (Å²) in [5.74, 6) is 0. The van der Waals surface area contributed by atoms with Crippen molar-refractivity contribution in [3.63, 3.8) is 0 Å². The van der Waals surface area contributed by atoms with Gasteiger partial charge in [0.2, 0.25) is 0 Å². The van der Waals surface area contributed by atoms with E-state index < -0.39 is 6.80 Å². The molecule has 0 aromatic rings. The Morgan fingerprint density at radius 1 is 1.25 bits per heavy atom. The van der Waals surface area contributed by atoms with Gasteiger partial charge in [-0.05, 0) is 19.9 Å². The smallest absolute Gasteiger partial charge is 0.162 e. The molecular formula is C10H18FN. The quantitative estimate of drug-likeness (QED) is 0.548. The number of allylic oxidation sites excluding steroid dienone is 2. The molecular weight excluding hydrogens is 153 g/mol. The van der Waals surface area contributed by atoms with E-state index in [0.717, 1.165) is 0 Å². The summed E-state index contributed by atoms with van der Waals surface area (Å²) < 4.78 is 12.2. The van der Waals surface area contributed by atoms with Gasteiger partial charge in [0.1, 0.15) is 0 Å². The van der Waals surface area contributed by atoms with Crippen molar-refractivity contribution in [2.24, 2.45) is 0 Å². The van der Waals surface area contributed by atoms with Crippen LogP contribution in [0.4, 0.5) is 4.39 Å². The molecule has 0 aromatic carbocycles. The van der Waals surface area contributed by atoms with Crippen LogP contribution >= 0.6 is 0 Å². The van der Waals surface area contributed by atoms with Crippen molar-refractivity contribution in [3.8, 4) is 0 Å². The Morgan fingerprint density at radius 3 is 2.17 bits per heavy atom. The summed E-state index contributed by atoms with van der Waals surface area (Å²) in [6, 6.07) is 0. The van der Waals surface area contributed by atoms with E-state index in [1.54, 1.807) is 11.1 Å². The Labute approximate surface area is 74.6 Å². The summed E-state index contributed by atoms with van der Waals surface area (Å²) in [6.45, 7) is 7.53. The van der Waals surface area contributed by atoms with Crippen molar-refractivity contribution in [3.05, 3.63) is 24.4 Å². The van der Waals surface area contributed by atoms with Gasteiger partial charge in [-0.15, -0.1) is 0 Å². The fraction of sp³-hybridized carbons (Fsp3) is 0.600. The predicted octanol–water partition coefficient (Wildman–Crippen LogP) is 3.10. The summed E-state index contributed by atoms with van der Waals surface area (Å²) >= 11 is 0. The zero-order valence-electron chi connectivity index (χ0n) is 8.34. The number of hydrogen-bond donors (Lipinski definition) is 0. The highest BCUT2D eigenvalue weighted by Gasteiger charge is 2.21. The molecule has 1 nitrogen and oxygen atoms in total. The Morgan fingerprint density at radius 2 is 1.83 bits per heavy atom. The van der Waals surface area contributed by atoms with Gasteiger partial charge < -0.3 is 4.90 Å². The van der Waals surface area contributed by atoms with E-state index in [0.29, 0.717) is 0 Å². The maximum absolute atomic E-state index is 12.2. The lowest BCUT2D eigenvalue weighted by Gasteiger charge is -2.34. The molecule has 1 rings (SSSR count). The molecule has 1 aliphatic rings. The summed E-state index contributed by atoms with van der Waals surface area (Å²) in [6.07, 6.45) is 7.52. The van der Waals surface area contributed by atoms with Crippen LogP contribution < -0.4 is 0 Å². The molecule has 1 aliphatic heterocycles. The van der Waals surface area contributed by atoms with E-state index in [4.69, 9.17) is 0 Å². The van der Waals surface area contributed by atoms with E-state index >= 15 is 0 Å². The van der Waals surface area contributed by atoms with E-state index in [-0.39, 0.29) is 5.54 Å². The average Bonchev–Trinajstić information content (AvgIpc) is 2.07. The molecule has 0 unspecified atom stereocenters. The molecule has 12 heavy (non-hydrogen) atoms. The van der Waals surface area contributed by atoms with E-state index in [1.807, 2.05) is 45.9 Å². The highest BCUT2D eigenvalue weighted by Crippen LogP contribution is 2.19. The molecule has 0 saturated heterocycles. The first kappa shape index (κ1) is 11.2. The Bertz CT molecular complexity index is 171. The first-order valence-electron chi connectivity index (χ1n) is 4.35. The zero-order chi connectivity index (χ0) is 9.61. The maximum Gasteiger partial charge on any atom is 0.162 e. The van der Waals surface area contributed by atoms with Crippen LogP contribution in [0.25, 0.3) is 0 Å². The molecule has 0 radical (unpaired) electrons. The monoisotopic (exact) mass is 171 g/mol. The molecule has 70 valence electrons. The SMILES string of the molecule is CC.CC1(C)C=CC=CN1CF. The third-order valence-electron chi connectivity index (χ3n) is 1.75. The van der Waals surface area contributed by atoms with Gasteiger partial charge in [0.25, 0.3) is 0 Å². The molecule has 0 saturated carbocycles. The summed E-state index contributed by atoms with van der Waals surface area (Å²) in [4.78, 5) is 1.65. The van der Waals surface area contributed by atoms with Crippen LogP contribution in [0.2, 0.25) is 0 Å². The third-order valence-corrected chi connectivity index (χ3v) is 1.75. The van der Waals surface area contributed by atoms with Crippen LogP contribution in [0.5, 0.6) is 0 Å². The first-order valence-corrected chi connectivity index (χ1v) is 4.35. The van der Waals surface area contributed by atoms with Crippen LogP contribution in [0.1, 0.15) is 27.7 Å². The Hall–Kier alpha value is -0.790. The van der Waals surface area contributed by atoms with Gasteiger partial charge in [-0.2, -0.15) is 0 Å². The molecule has 0 N–H and O–H groups in total. The standard InChI is InChI=1S/C8H12FN.C2H6/c1-8(2)5-3-4-6-10(8)7-9;1-2/h3-6H,7H2,1-2H3;1-2H3. The van der Waals surface area contributed by atoms with Crippen LogP contribution in [-0.2, 0) is 0 Å². The lowest BCUT2D eigenvalue weighted by Crippen LogP contribution is -2.38. The lowest BCUT2D eigenvalue weighted by atomic mass is 10.0. The largest absolute Gasteiger partial charge is 0.342 e. The normalized spacial score (nSPS) is 18.6. The zero-order valence-corrected chi connectivity index (χ0v) is 8.34. The Balaban J connectivity index is 0.000000561. The molecule has 0 bridgehead atoms. The number of halogens is 1. The fourth-order valence-electron chi connectivity index (χ4n) is 0.926. The van der Waals surface area contributed by atoms with E-state index in [1.165, 1.54) is 0 Å².